The Morgan fingerprint density at radius 1 is 1.17 bits per heavy atom. The fourth-order valence-electron chi connectivity index (χ4n) is 6.12. The van der Waals surface area contributed by atoms with E-state index in [1.807, 2.05) is 0 Å². The maximum Gasteiger partial charge on any atom is 0.230 e. The Kier molecular flexibility index (Phi) is 7.52. The number of aliphatic hydroxyl groups excluding tert-OH is 3. The van der Waals surface area contributed by atoms with E-state index in [9.17, 15) is 39.9 Å². The summed E-state index contributed by atoms with van der Waals surface area (Å²) in [6, 6.07) is 4.64. The average Bonchev–Trinajstić information content (AvgIpc) is 2.82. The van der Waals surface area contributed by atoms with Gasteiger partial charge in [0.05, 0.1) is 17.8 Å². The lowest BCUT2D eigenvalue weighted by Crippen LogP contribution is -2.67. The molecule has 1 aromatic rings. The SMILES string of the molecule is CCCCCCSC[C@H]1c2cccc(O)c2C(=O)C2=C(O)[C@]3(O)C(=O)C(C(N)=O)C(O)C[C@@H]3[C@@H](O)[C@@H]21. The van der Waals surface area contributed by atoms with E-state index in [-0.39, 0.29) is 23.3 Å². The molecule has 36 heavy (non-hydrogen) atoms. The summed E-state index contributed by atoms with van der Waals surface area (Å²) in [5.41, 5.74) is 2.64. The highest BCUT2D eigenvalue weighted by Gasteiger charge is 2.66. The van der Waals surface area contributed by atoms with Crippen LogP contribution in [0.25, 0.3) is 0 Å². The van der Waals surface area contributed by atoms with Crippen LogP contribution in [0.2, 0.25) is 0 Å². The highest BCUT2D eigenvalue weighted by molar-refractivity contribution is 7.99. The third-order valence-corrected chi connectivity index (χ3v) is 9.10. The van der Waals surface area contributed by atoms with Crippen LogP contribution in [0, 0.1) is 17.8 Å². The van der Waals surface area contributed by atoms with Gasteiger partial charge in [-0.25, -0.2) is 0 Å². The van der Waals surface area contributed by atoms with Gasteiger partial charge in [-0.2, -0.15) is 11.8 Å². The number of aliphatic hydroxyl groups is 4. The summed E-state index contributed by atoms with van der Waals surface area (Å²) in [6.45, 7) is 2.13. The molecule has 1 fully saturated rings. The number of primary amides is 1. The average molecular weight is 520 g/mol. The number of fused-ring (bicyclic) bond motifs is 3. The molecular formula is C26H33NO8S. The van der Waals surface area contributed by atoms with Gasteiger partial charge in [0, 0.05) is 29.1 Å². The largest absolute Gasteiger partial charge is 0.508 e. The zero-order valence-electron chi connectivity index (χ0n) is 20.1. The van der Waals surface area contributed by atoms with Gasteiger partial charge < -0.3 is 31.3 Å². The Hall–Kier alpha value is -2.40. The van der Waals surface area contributed by atoms with Crippen molar-refractivity contribution in [3.8, 4) is 5.75 Å². The van der Waals surface area contributed by atoms with Crippen molar-refractivity contribution in [2.45, 2.75) is 62.8 Å². The predicted octanol–water partition coefficient (Wildman–Crippen LogP) is 1.57. The summed E-state index contributed by atoms with van der Waals surface area (Å²) >= 11 is 1.63. The van der Waals surface area contributed by atoms with Crippen molar-refractivity contribution in [2.75, 3.05) is 11.5 Å². The summed E-state index contributed by atoms with van der Waals surface area (Å²) in [5.74, 6) is -7.82. The van der Waals surface area contributed by atoms with Crippen LogP contribution < -0.4 is 5.73 Å². The molecule has 0 spiro atoms. The Labute approximate surface area is 213 Å². The molecule has 0 aliphatic heterocycles. The van der Waals surface area contributed by atoms with Crippen molar-refractivity contribution in [1.82, 2.24) is 0 Å². The molecule has 2 unspecified atom stereocenters. The van der Waals surface area contributed by atoms with Crippen LogP contribution in [-0.2, 0) is 9.59 Å². The van der Waals surface area contributed by atoms with Gasteiger partial charge in [0.1, 0.15) is 17.4 Å². The summed E-state index contributed by atoms with van der Waals surface area (Å²) in [5, 5.41) is 55.2. The van der Waals surface area contributed by atoms with E-state index < -0.39 is 64.7 Å². The number of thioether (sulfide) groups is 1. The normalized spacial score (nSPS) is 33.7. The fraction of sp³-hybridized carbons (Fsp3) is 0.577. The van der Waals surface area contributed by atoms with Crippen molar-refractivity contribution in [1.29, 1.82) is 0 Å². The molecule has 196 valence electrons. The Morgan fingerprint density at radius 3 is 2.56 bits per heavy atom. The van der Waals surface area contributed by atoms with Crippen LogP contribution in [0.5, 0.6) is 5.75 Å². The molecule has 1 saturated carbocycles. The van der Waals surface area contributed by atoms with E-state index in [2.05, 4.69) is 6.92 Å². The number of phenolic OH excluding ortho intramolecular Hbond substituents is 1. The molecule has 10 heteroatoms. The van der Waals surface area contributed by atoms with Gasteiger partial charge in [-0.15, -0.1) is 0 Å². The maximum atomic E-state index is 13.6. The second-order valence-electron chi connectivity index (χ2n) is 10.0. The molecule has 1 amide bonds. The number of amides is 1. The summed E-state index contributed by atoms with van der Waals surface area (Å²) in [6.07, 6.45) is 0.899. The van der Waals surface area contributed by atoms with Crippen molar-refractivity contribution in [2.24, 2.45) is 23.5 Å². The number of unbranched alkanes of at least 4 members (excludes halogenated alkanes) is 3. The smallest absolute Gasteiger partial charge is 0.230 e. The standard InChI is InChI=1S/C26H33NO8S/c1-2-3-4-5-9-36-11-13-12-7-6-8-15(28)17(12)22(31)20-18(13)21(30)14-10-16(29)19(25(27)34)23(32)26(14,35)24(20)33/h6-8,13-14,16,18-19,21,28-30,33,35H,2-5,9-11H2,1H3,(H2,27,34)/t13-,14+,16?,18+,19?,21+,26+/m0/s1. The molecule has 0 radical (unpaired) electrons. The first-order valence-corrected chi connectivity index (χ1v) is 13.5. The quantitative estimate of drug-likeness (QED) is 0.220. The summed E-state index contributed by atoms with van der Waals surface area (Å²) in [7, 11) is 0. The molecule has 0 saturated heterocycles. The molecule has 3 aliphatic carbocycles. The highest BCUT2D eigenvalue weighted by atomic mass is 32.2. The van der Waals surface area contributed by atoms with Crippen molar-refractivity contribution < 1.29 is 39.9 Å². The van der Waals surface area contributed by atoms with Crippen molar-refractivity contribution in [3.63, 3.8) is 0 Å². The number of rotatable bonds is 8. The Bertz CT molecular complexity index is 1100. The predicted molar refractivity (Wildman–Crippen MR) is 133 cm³/mol. The molecule has 7 N–H and O–H groups in total. The van der Waals surface area contributed by atoms with E-state index in [0.717, 1.165) is 31.4 Å². The number of ketones is 2. The number of nitrogens with two attached hydrogens (primary N) is 1. The minimum Gasteiger partial charge on any atom is -0.508 e. The van der Waals surface area contributed by atoms with E-state index >= 15 is 0 Å². The number of hydrogen-bond acceptors (Lipinski definition) is 9. The first-order valence-electron chi connectivity index (χ1n) is 12.4. The Balaban J connectivity index is 1.80. The van der Waals surface area contributed by atoms with E-state index in [1.165, 1.54) is 6.07 Å². The number of carbonyl (C=O) groups excluding carboxylic acids is 3. The summed E-state index contributed by atoms with van der Waals surface area (Å²) < 4.78 is 0. The van der Waals surface area contributed by atoms with Crippen LogP contribution in [0.1, 0.15) is 60.9 Å². The van der Waals surface area contributed by atoms with E-state index in [0.29, 0.717) is 11.3 Å². The zero-order chi connectivity index (χ0) is 26.4. The first-order chi connectivity index (χ1) is 17.1. The molecule has 0 bridgehead atoms. The lowest BCUT2D eigenvalue weighted by Gasteiger charge is -2.52. The lowest BCUT2D eigenvalue weighted by atomic mass is 9.54. The van der Waals surface area contributed by atoms with Gasteiger partial charge in [-0.05, 0) is 30.2 Å². The third kappa shape index (κ3) is 4.04. The van der Waals surface area contributed by atoms with Crippen molar-refractivity contribution in [3.05, 3.63) is 40.7 Å². The highest BCUT2D eigenvalue weighted by Crippen LogP contribution is 2.55. The fourth-order valence-corrected chi connectivity index (χ4v) is 7.33. The molecule has 7 atom stereocenters. The molecule has 0 heterocycles. The monoisotopic (exact) mass is 519 g/mol. The van der Waals surface area contributed by atoms with Crippen LogP contribution in [0.15, 0.2) is 29.5 Å². The maximum absolute atomic E-state index is 13.6. The van der Waals surface area contributed by atoms with E-state index in [4.69, 9.17) is 5.73 Å². The number of aromatic hydroxyl groups is 1. The topological polar surface area (TPSA) is 178 Å². The van der Waals surface area contributed by atoms with Gasteiger partial charge in [0.2, 0.25) is 5.91 Å². The second kappa shape index (κ2) is 10.2. The van der Waals surface area contributed by atoms with Crippen LogP contribution in [0.4, 0.5) is 0 Å². The number of benzene rings is 1. The first kappa shape index (κ1) is 26.7. The molecular weight excluding hydrogens is 486 g/mol. The van der Waals surface area contributed by atoms with Gasteiger partial charge in [0.15, 0.2) is 17.2 Å². The molecule has 1 aromatic carbocycles. The van der Waals surface area contributed by atoms with Gasteiger partial charge in [0.25, 0.3) is 0 Å². The van der Waals surface area contributed by atoms with Crippen LogP contribution >= 0.6 is 11.8 Å². The van der Waals surface area contributed by atoms with Gasteiger partial charge >= 0.3 is 0 Å². The zero-order valence-corrected chi connectivity index (χ0v) is 20.9. The summed E-state index contributed by atoms with van der Waals surface area (Å²) in [4.78, 5) is 38.6. The third-order valence-electron chi connectivity index (χ3n) is 7.93. The molecule has 4 rings (SSSR count). The van der Waals surface area contributed by atoms with Crippen LogP contribution in [-0.4, -0.2) is 72.3 Å². The Morgan fingerprint density at radius 2 is 1.89 bits per heavy atom. The van der Waals surface area contributed by atoms with Crippen LogP contribution in [0.3, 0.4) is 0 Å². The molecule has 3 aliphatic rings. The number of phenols is 1. The minimum absolute atomic E-state index is 0.0455. The lowest BCUT2D eigenvalue weighted by molar-refractivity contribution is -0.179. The molecule has 9 nitrogen and oxygen atoms in total. The minimum atomic E-state index is -2.76. The number of hydrogen-bond donors (Lipinski definition) is 6. The number of carbonyl (C=O) groups is 3. The number of Topliss-reactive ketones (excluding diaryl/α,β-unsaturated/α-hetero) is 2. The van der Waals surface area contributed by atoms with E-state index in [1.54, 1.807) is 23.9 Å². The van der Waals surface area contributed by atoms with Gasteiger partial charge in [-0.3, -0.25) is 14.4 Å². The van der Waals surface area contributed by atoms with Crippen molar-refractivity contribution >= 4 is 29.2 Å². The van der Waals surface area contributed by atoms with Gasteiger partial charge in [-0.1, -0.05) is 38.3 Å². The molecule has 0 aromatic heterocycles. The second-order valence-corrected chi connectivity index (χ2v) is 11.2.